The molecule has 39 heavy (non-hydrogen) atoms. The molecule has 3 atom stereocenters. The van der Waals surface area contributed by atoms with Crippen LogP contribution in [0.1, 0.15) is 69.4 Å². The van der Waals surface area contributed by atoms with Crippen LogP contribution in [0.5, 0.6) is 0 Å². The van der Waals surface area contributed by atoms with Crippen LogP contribution in [-0.4, -0.2) is 65.0 Å². The van der Waals surface area contributed by atoms with Gasteiger partial charge in [0, 0.05) is 35.8 Å². The Morgan fingerprint density at radius 2 is 1.64 bits per heavy atom. The third kappa shape index (κ3) is 7.11. The van der Waals surface area contributed by atoms with E-state index >= 15 is 0 Å². The molecular formula is C28H36BrN3O6S. The Hall–Kier alpha value is -2.66. The molecule has 1 unspecified atom stereocenters. The van der Waals surface area contributed by atoms with Crippen molar-refractivity contribution in [3.63, 3.8) is 0 Å². The molecule has 1 aliphatic heterocycles. The Morgan fingerprint density at radius 3 is 2.15 bits per heavy atom. The average molecular weight is 623 g/mol. The van der Waals surface area contributed by atoms with E-state index in [4.69, 9.17) is 19.2 Å². The zero-order valence-electron chi connectivity index (χ0n) is 23.4. The maximum atomic E-state index is 13.1. The molecule has 1 aromatic carbocycles. The molecule has 212 valence electrons. The lowest BCUT2D eigenvalue weighted by molar-refractivity contribution is -0.00218. The summed E-state index contributed by atoms with van der Waals surface area (Å²) in [6.45, 7) is 13.9. The summed E-state index contributed by atoms with van der Waals surface area (Å²) in [5.41, 5.74) is 0.208. The number of aromatic nitrogens is 1. The van der Waals surface area contributed by atoms with E-state index in [0.29, 0.717) is 30.1 Å². The molecule has 1 saturated heterocycles. The van der Waals surface area contributed by atoms with Gasteiger partial charge in [-0.05, 0) is 66.2 Å². The Morgan fingerprint density at radius 1 is 1.05 bits per heavy atom. The lowest BCUT2D eigenvalue weighted by atomic mass is 10.1. The fraction of sp³-hybridized carbons (Fsp3) is 0.571. The van der Waals surface area contributed by atoms with E-state index in [1.54, 1.807) is 48.5 Å². The van der Waals surface area contributed by atoms with Crippen molar-refractivity contribution in [3.8, 4) is 0 Å². The van der Waals surface area contributed by atoms with E-state index in [9.17, 15) is 14.4 Å². The number of benzene rings is 1. The third-order valence-corrected chi connectivity index (χ3v) is 7.94. The molecule has 0 N–H and O–H groups in total. The predicted molar refractivity (Wildman–Crippen MR) is 152 cm³/mol. The number of carbonyl (C=O) groups is 3. The smallest absolute Gasteiger partial charge is 0.420 e. The minimum absolute atomic E-state index is 0.0634. The van der Waals surface area contributed by atoms with Gasteiger partial charge >= 0.3 is 18.2 Å². The second kappa shape index (κ2) is 11.1. The number of esters is 1. The van der Waals surface area contributed by atoms with Crippen molar-refractivity contribution >= 4 is 50.6 Å². The number of hydrogen-bond donors (Lipinski definition) is 0. The number of halogens is 1. The number of amides is 2. The van der Waals surface area contributed by atoms with Crippen molar-refractivity contribution in [1.82, 2.24) is 9.88 Å². The summed E-state index contributed by atoms with van der Waals surface area (Å²) in [5, 5.41) is 0.732. The number of anilines is 1. The van der Waals surface area contributed by atoms with Crippen LogP contribution in [0, 0.1) is 11.8 Å². The highest BCUT2D eigenvalue weighted by molar-refractivity contribution is 9.10. The minimum atomic E-state index is -0.748. The first-order valence-corrected chi connectivity index (χ1v) is 14.7. The molecule has 2 aliphatic rings. The number of nitrogens with zero attached hydrogens (tertiary/aromatic N) is 3. The van der Waals surface area contributed by atoms with Gasteiger partial charge in [0.05, 0.1) is 18.3 Å². The molecule has 0 bridgehead atoms. The highest BCUT2D eigenvalue weighted by Gasteiger charge is 2.62. The molecule has 11 heteroatoms. The summed E-state index contributed by atoms with van der Waals surface area (Å²) < 4.78 is 17.4. The van der Waals surface area contributed by atoms with Gasteiger partial charge in [-0.25, -0.2) is 24.3 Å². The Bertz CT molecular complexity index is 1210. The first-order valence-electron chi connectivity index (χ1n) is 13.1. The Labute approximate surface area is 241 Å². The van der Waals surface area contributed by atoms with E-state index in [1.807, 2.05) is 24.3 Å². The summed E-state index contributed by atoms with van der Waals surface area (Å²) in [4.78, 5) is 47.5. The predicted octanol–water partition coefficient (Wildman–Crippen LogP) is 6.28. The fourth-order valence-electron chi connectivity index (χ4n) is 4.77. The lowest BCUT2D eigenvalue weighted by Crippen LogP contribution is -2.47. The molecular weight excluding hydrogens is 586 g/mol. The first kappa shape index (κ1) is 29.3. The zero-order valence-corrected chi connectivity index (χ0v) is 25.8. The topological polar surface area (TPSA) is 98.3 Å². The standard InChI is InChI=1S/C28H36BrN3O6S/c1-8-36-23(33)22-20(13-16-10-9-11-17(29)12-16)30-24(39-22)31-14-18-19(15-31)21(18)32(25(34)37-27(2,3)4)26(35)38-28(5,6)7/h9-12,18-19,21H,8,13-15H2,1-7H3/t18-,19+,21?. The number of ether oxygens (including phenoxy) is 3. The minimum Gasteiger partial charge on any atom is -0.462 e. The van der Waals surface area contributed by atoms with Crippen molar-refractivity contribution in [3.05, 3.63) is 44.9 Å². The molecule has 0 spiro atoms. The monoisotopic (exact) mass is 621 g/mol. The maximum absolute atomic E-state index is 13.1. The van der Waals surface area contributed by atoms with Gasteiger partial charge in [-0.2, -0.15) is 0 Å². The molecule has 9 nitrogen and oxygen atoms in total. The SMILES string of the molecule is CCOC(=O)c1sc(N2C[C@@H]3C(N(C(=O)OC(C)(C)C)C(=O)OC(C)(C)C)[C@@H]3C2)nc1Cc1cccc(Br)c1. The number of carbonyl (C=O) groups excluding carboxylic acids is 3. The van der Waals surface area contributed by atoms with E-state index in [2.05, 4.69) is 20.8 Å². The van der Waals surface area contributed by atoms with Crippen molar-refractivity contribution in [1.29, 1.82) is 0 Å². The molecule has 2 fully saturated rings. The Balaban J connectivity index is 1.52. The molecule has 0 radical (unpaired) electrons. The number of fused-ring (bicyclic) bond motifs is 1. The maximum Gasteiger partial charge on any atom is 0.420 e. The third-order valence-electron chi connectivity index (χ3n) is 6.31. The van der Waals surface area contributed by atoms with E-state index in [0.717, 1.165) is 20.1 Å². The summed E-state index contributed by atoms with van der Waals surface area (Å²) >= 11 is 4.82. The number of piperidine rings is 1. The molecule has 2 heterocycles. The van der Waals surface area contributed by atoms with E-state index in [1.165, 1.54) is 11.3 Å². The van der Waals surface area contributed by atoms with Crippen LogP contribution in [0.25, 0.3) is 0 Å². The van der Waals surface area contributed by atoms with Crippen LogP contribution in [0.3, 0.4) is 0 Å². The highest BCUT2D eigenvalue weighted by atomic mass is 79.9. The van der Waals surface area contributed by atoms with E-state index in [-0.39, 0.29) is 30.5 Å². The molecule has 1 saturated carbocycles. The van der Waals surface area contributed by atoms with Crippen molar-refractivity contribution in [2.45, 2.75) is 72.1 Å². The first-order chi connectivity index (χ1) is 18.2. The number of hydrogen-bond acceptors (Lipinski definition) is 9. The van der Waals surface area contributed by atoms with Crippen molar-refractivity contribution in [2.24, 2.45) is 11.8 Å². The van der Waals surface area contributed by atoms with Gasteiger partial charge in [-0.1, -0.05) is 39.4 Å². The largest absolute Gasteiger partial charge is 0.462 e. The Kier molecular flexibility index (Phi) is 8.33. The van der Waals surface area contributed by atoms with Gasteiger partial charge < -0.3 is 19.1 Å². The average Bonchev–Trinajstić information content (AvgIpc) is 3.12. The van der Waals surface area contributed by atoms with Crippen LogP contribution < -0.4 is 4.90 Å². The van der Waals surface area contributed by atoms with Crippen LogP contribution in [-0.2, 0) is 20.6 Å². The second-order valence-electron chi connectivity index (χ2n) is 11.9. The van der Waals surface area contributed by atoms with Gasteiger partial charge in [0.2, 0.25) is 0 Å². The van der Waals surface area contributed by atoms with Crippen molar-refractivity contribution in [2.75, 3.05) is 24.6 Å². The quantitative estimate of drug-likeness (QED) is 0.274. The van der Waals surface area contributed by atoms with Gasteiger partial charge in [-0.15, -0.1) is 0 Å². The summed E-state index contributed by atoms with van der Waals surface area (Å²) in [5.74, 6) is -0.253. The molecule has 1 aromatic heterocycles. The van der Waals surface area contributed by atoms with Gasteiger partial charge in [0.15, 0.2) is 5.13 Å². The van der Waals surface area contributed by atoms with Crippen molar-refractivity contribution < 1.29 is 28.6 Å². The molecule has 4 rings (SSSR count). The molecule has 2 amide bonds. The highest BCUT2D eigenvalue weighted by Crippen LogP contribution is 2.51. The van der Waals surface area contributed by atoms with Crippen LogP contribution in [0.4, 0.5) is 14.7 Å². The summed E-state index contributed by atoms with van der Waals surface area (Å²) in [6, 6.07) is 7.59. The second-order valence-corrected chi connectivity index (χ2v) is 13.7. The van der Waals surface area contributed by atoms with E-state index < -0.39 is 23.4 Å². The zero-order chi connectivity index (χ0) is 28.7. The molecule has 1 aliphatic carbocycles. The summed E-state index contributed by atoms with van der Waals surface area (Å²) in [7, 11) is 0. The number of imide groups is 1. The van der Waals surface area contributed by atoms with Gasteiger partial charge in [-0.3, -0.25) is 0 Å². The van der Waals surface area contributed by atoms with Crippen LogP contribution >= 0.6 is 27.3 Å². The number of rotatable bonds is 6. The van der Waals surface area contributed by atoms with Gasteiger partial charge in [0.1, 0.15) is 16.1 Å². The molecule has 2 aromatic rings. The van der Waals surface area contributed by atoms with Crippen LogP contribution in [0.15, 0.2) is 28.7 Å². The van der Waals surface area contributed by atoms with Crippen LogP contribution in [0.2, 0.25) is 0 Å². The number of thiazole rings is 1. The lowest BCUT2D eigenvalue weighted by Gasteiger charge is -2.30. The van der Waals surface area contributed by atoms with Gasteiger partial charge in [0.25, 0.3) is 0 Å². The summed E-state index contributed by atoms with van der Waals surface area (Å²) in [6.07, 6.45) is -0.894. The fourth-order valence-corrected chi connectivity index (χ4v) is 6.21. The normalized spacial score (nSPS) is 20.3.